The van der Waals surface area contributed by atoms with Crippen molar-refractivity contribution < 1.29 is 14.6 Å². The standard InChI is InChI=1S/C14H22O3/c1-12(2)16-10-8-13(15)9-11-17-14-6-4-3-5-7-14/h3-7,12-13,15H,8-11H2,1-2H3. The molecule has 1 aromatic rings. The van der Waals surface area contributed by atoms with Crippen LogP contribution in [0.1, 0.15) is 26.7 Å². The van der Waals surface area contributed by atoms with Gasteiger partial charge in [-0.2, -0.15) is 0 Å². The fraction of sp³-hybridized carbons (Fsp3) is 0.571. The zero-order valence-corrected chi connectivity index (χ0v) is 10.6. The van der Waals surface area contributed by atoms with Crippen LogP contribution in [0.4, 0.5) is 0 Å². The van der Waals surface area contributed by atoms with Gasteiger partial charge in [0.05, 0.1) is 18.8 Å². The topological polar surface area (TPSA) is 38.7 Å². The predicted molar refractivity (Wildman–Crippen MR) is 68.3 cm³/mol. The molecule has 1 N–H and O–H groups in total. The first-order valence-corrected chi connectivity index (χ1v) is 6.16. The van der Waals surface area contributed by atoms with Gasteiger partial charge in [0.25, 0.3) is 0 Å². The predicted octanol–water partition coefficient (Wildman–Crippen LogP) is 2.63. The van der Waals surface area contributed by atoms with Gasteiger partial charge in [-0.05, 0) is 32.4 Å². The van der Waals surface area contributed by atoms with Crippen molar-refractivity contribution >= 4 is 0 Å². The Bertz CT molecular complexity index is 285. The molecule has 3 nitrogen and oxygen atoms in total. The SMILES string of the molecule is CC(C)OCCC(O)CCOc1ccccc1. The maximum absolute atomic E-state index is 9.68. The van der Waals surface area contributed by atoms with Crippen molar-refractivity contribution in [3.05, 3.63) is 30.3 Å². The van der Waals surface area contributed by atoms with E-state index in [1.165, 1.54) is 0 Å². The molecule has 3 heteroatoms. The molecule has 0 spiro atoms. The van der Waals surface area contributed by atoms with E-state index >= 15 is 0 Å². The van der Waals surface area contributed by atoms with Crippen LogP contribution in [0, 0.1) is 0 Å². The minimum absolute atomic E-state index is 0.225. The monoisotopic (exact) mass is 238 g/mol. The summed E-state index contributed by atoms with van der Waals surface area (Å²) < 4.78 is 10.9. The van der Waals surface area contributed by atoms with E-state index in [9.17, 15) is 5.11 Å². The maximum atomic E-state index is 9.68. The molecule has 0 aromatic heterocycles. The van der Waals surface area contributed by atoms with Crippen molar-refractivity contribution in [1.82, 2.24) is 0 Å². The molecular formula is C14H22O3. The molecule has 1 aromatic carbocycles. The molecule has 1 rings (SSSR count). The smallest absolute Gasteiger partial charge is 0.119 e. The summed E-state index contributed by atoms with van der Waals surface area (Å²) in [7, 11) is 0. The normalized spacial score (nSPS) is 12.7. The van der Waals surface area contributed by atoms with E-state index in [0.717, 1.165) is 5.75 Å². The van der Waals surface area contributed by atoms with Crippen molar-refractivity contribution in [2.24, 2.45) is 0 Å². The van der Waals surface area contributed by atoms with E-state index in [-0.39, 0.29) is 12.2 Å². The van der Waals surface area contributed by atoms with Crippen molar-refractivity contribution in [3.63, 3.8) is 0 Å². The Morgan fingerprint density at radius 1 is 1.06 bits per heavy atom. The lowest BCUT2D eigenvalue weighted by atomic mass is 10.2. The summed E-state index contributed by atoms with van der Waals surface area (Å²) in [5.41, 5.74) is 0. The van der Waals surface area contributed by atoms with Gasteiger partial charge >= 0.3 is 0 Å². The first-order chi connectivity index (χ1) is 8.18. The van der Waals surface area contributed by atoms with Gasteiger partial charge in [-0.15, -0.1) is 0 Å². The molecule has 17 heavy (non-hydrogen) atoms. The van der Waals surface area contributed by atoms with Crippen LogP contribution in [0.3, 0.4) is 0 Å². The number of para-hydroxylation sites is 1. The van der Waals surface area contributed by atoms with Crippen LogP contribution in [0.25, 0.3) is 0 Å². The molecule has 0 aliphatic carbocycles. The Hall–Kier alpha value is -1.06. The molecule has 0 saturated carbocycles. The average molecular weight is 238 g/mol. The van der Waals surface area contributed by atoms with E-state index in [4.69, 9.17) is 9.47 Å². The number of aliphatic hydroxyl groups is 1. The Morgan fingerprint density at radius 2 is 1.71 bits per heavy atom. The van der Waals surface area contributed by atoms with Gasteiger partial charge in [0.2, 0.25) is 0 Å². The van der Waals surface area contributed by atoms with E-state index in [0.29, 0.717) is 26.1 Å². The van der Waals surface area contributed by atoms with Gasteiger partial charge < -0.3 is 14.6 Å². The number of aliphatic hydroxyl groups excluding tert-OH is 1. The fourth-order valence-corrected chi connectivity index (χ4v) is 1.41. The lowest BCUT2D eigenvalue weighted by molar-refractivity contribution is 0.0408. The second-order valence-corrected chi connectivity index (χ2v) is 4.31. The lowest BCUT2D eigenvalue weighted by Crippen LogP contribution is -2.16. The molecule has 0 radical (unpaired) electrons. The highest BCUT2D eigenvalue weighted by Crippen LogP contribution is 2.09. The molecule has 0 aliphatic rings. The second kappa shape index (κ2) is 8.09. The second-order valence-electron chi connectivity index (χ2n) is 4.31. The van der Waals surface area contributed by atoms with E-state index in [2.05, 4.69) is 0 Å². The summed E-state index contributed by atoms with van der Waals surface area (Å²) in [4.78, 5) is 0. The molecule has 0 fully saturated rings. The van der Waals surface area contributed by atoms with E-state index in [1.807, 2.05) is 44.2 Å². The summed E-state index contributed by atoms with van der Waals surface area (Å²) in [6.07, 6.45) is 1.17. The molecule has 1 atom stereocenters. The van der Waals surface area contributed by atoms with Crippen LogP contribution < -0.4 is 4.74 Å². The minimum Gasteiger partial charge on any atom is -0.493 e. The Kier molecular flexibility index (Phi) is 6.67. The van der Waals surface area contributed by atoms with Crippen LogP contribution in [0.2, 0.25) is 0 Å². The minimum atomic E-state index is -0.350. The Morgan fingerprint density at radius 3 is 2.35 bits per heavy atom. The zero-order chi connectivity index (χ0) is 12.5. The number of hydrogen-bond donors (Lipinski definition) is 1. The Labute approximate surface area is 103 Å². The van der Waals surface area contributed by atoms with Gasteiger partial charge in [-0.1, -0.05) is 18.2 Å². The van der Waals surface area contributed by atoms with Crippen LogP contribution in [-0.4, -0.2) is 30.5 Å². The lowest BCUT2D eigenvalue weighted by Gasteiger charge is -2.13. The molecule has 1 unspecified atom stereocenters. The summed E-state index contributed by atoms with van der Waals surface area (Å²) in [6.45, 7) is 5.12. The van der Waals surface area contributed by atoms with Crippen molar-refractivity contribution in [2.75, 3.05) is 13.2 Å². The third-order valence-corrected chi connectivity index (χ3v) is 2.37. The molecule has 0 saturated heterocycles. The largest absolute Gasteiger partial charge is 0.493 e. The van der Waals surface area contributed by atoms with Gasteiger partial charge in [0, 0.05) is 13.0 Å². The summed E-state index contributed by atoms with van der Waals surface area (Å²) in [5.74, 6) is 0.845. The first kappa shape index (κ1) is 14.0. The number of benzene rings is 1. The van der Waals surface area contributed by atoms with Gasteiger partial charge in [0.15, 0.2) is 0 Å². The number of rotatable bonds is 8. The third kappa shape index (κ3) is 6.97. The van der Waals surface area contributed by atoms with E-state index < -0.39 is 0 Å². The number of ether oxygens (including phenoxy) is 2. The summed E-state index contributed by atoms with van der Waals surface area (Å²) >= 11 is 0. The average Bonchev–Trinajstić information content (AvgIpc) is 2.30. The highest BCUT2D eigenvalue weighted by Gasteiger charge is 2.05. The van der Waals surface area contributed by atoms with Crippen LogP contribution in [0.15, 0.2) is 30.3 Å². The molecular weight excluding hydrogens is 216 g/mol. The molecule has 0 heterocycles. The quantitative estimate of drug-likeness (QED) is 0.756. The van der Waals surface area contributed by atoms with Crippen molar-refractivity contribution in [2.45, 2.75) is 38.9 Å². The molecule has 0 bridgehead atoms. The third-order valence-electron chi connectivity index (χ3n) is 2.37. The molecule has 0 amide bonds. The highest BCUT2D eigenvalue weighted by atomic mass is 16.5. The van der Waals surface area contributed by atoms with E-state index in [1.54, 1.807) is 0 Å². The first-order valence-electron chi connectivity index (χ1n) is 6.16. The zero-order valence-electron chi connectivity index (χ0n) is 10.6. The Balaban J connectivity index is 2.06. The fourth-order valence-electron chi connectivity index (χ4n) is 1.41. The van der Waals surface area contributed by atoms with Gasteiger partial charge in [-0.3, -0.25) is 0 Å². The van der Waals surface area contributed by atoms with Crippen molar-refractivity contribution in [1.29, 1.82) is 0 Å². The van der Waals surface area contributed by atoms with Gasteiger partial charge in [-0.25, -0.2) is 0 Å². The van der Waals surface area contributed by atoms with Crippen LogP contribution >= 0.6 is 0 Å². The van der Waals surface area contributed by atoms with Crippen molar-refractivity contribution in [3.8, 4) is 5.75 Å². The maximum Gasteiger partial charge on any atom is 0.119 e. The molecule has 0 aliphatic heterocycles. The highest BCUT2D eigenvalue weighted by molar-refractivity contribution is 5.20. The summed E-state index contributed by atoms with van der Waals surface area (Å²) in [6, 6.07) is 9.64. The van der Waals surface area contributed by atoms with Crippen LogP contribution in [-0.2, 0) is 4.74 Å². The van der Waals surface area contributed by atoms with Gasteiger partial charge in [0.1, 0.15) is 5.75 Å². The van der Waals surface area contributed by atoms with Crippen LogP contribution in [0.5, 0.6) is 5.75 Å². The summed E-state index contributed by atoms with van der Waals surface area (Å²) in [5, 5.41) is 9.68. The number of hydrogen-bond acceptors (Lipinski definition) is 3. The molecule has 96 valence electrons.